The van der Waals surface area contributed by atoms with Crippen LogP contribution < -0.4 is 0 Å². The number of carbonyl (C=O) groups excluding carboxylic acids is 10. The van der Waals surface area contributed by atoms with Crippen molar-refractivity contribution in [2.45, 2.75) is 222 Å². The van der Waals surface area contributed by atoms with Crippen LogP contribution in [-0.4, -0.2) is 187 Å². The van der Waals surface area contributed by atoms with E-state index in [0.717, 1.165) is 30.7 Å². The first-order valence-corrected chi connectivity index (χ1v) is 32.3. The Morgan fingerprint density at radius 3 is 0.936 bits per heavy atom. The van der Waals surface area contributed by atoms with Crippen molar-refractivity contribution in [2.24, 2.45) is 23.7 Å². The molecular weight excluding hydrogens is 1210 g/mol. The molecule has 516 valence electrons. The average molecular weight is 1310 g/mol. The third kappa shape index (κ3) is 22.4. The molecule has 24 nitrogen and oxygen atoms in total. The number of likely N-dealkylation sites (N-methyl/N-ethyl adjacent to an activating group) is 4. The number of hydrogen-bond acceptors (Lipinski definition) is 18. The van der Waals surface area contributed by atoms with Crippen molar-refractivity contribution in [1.82, 2.24) is 39.2 Å². The number of rotatable bonds is 18. The average Bonchev–Trinajstić information content (AvgIpc) is 1.26. The first-order chi connectivity index (χ1) is 43.7. The zero-order valence-electron chi connectivity index (χ0n) is 58.6. The van der Waals surface area contributed by atoms with Crippen LogP contribution in [0.1, 0.15) is 180 Å². The smallest absolute Gasteiger partial charge is 0.359 e. The number of hydrogen-bond donors (Lipinski definition) is 0. The normalized spacial score (nSPS) is 21.8. The molecule has 0 radical (unpaired) electrons. The highest BCUT2D eigenvalue weighted by atomic mass is 16.6. The van der Waals surface area contributed by atoms with Crippen LogP contribution in [0.2, 0.25) is 0 Å². The lowest BCUT2D eigenvalue weighted by molar-refractivity contribution is -0.176. The standard InChI is InChI=1S/C70H100N8O16/c1-41(2)33-53-65(85)89-45(9)59(79)73(17)56(36-44(7)8)68(88)92-58(38-48-23-27-50(28-24-48)40-78-32-30-52(72-78)64(84)94-70(14,15)16)62(82)76(20)54(34-42(3)4)66(86)90-46(10)60(80)74(18)55(35-43(5)6)67(87)91-57(61(81)75(53)19)37-47-21-25-49(26-22-47)39-77-31-29-51(71-77)63(83)93-69(11,12)13/h21-32,41-46,53-58H,33-40H2,1-20H3/t45-,46-,53+,54+,55+,56+,57-,58-/m1/s1. The molecule has 1 aliphatic heterocycles. The topological polar surface area (TPSA) is 275 Å². The highest BCUT2D eigenvalue weighted by molar-refractivity contribution is 5.95. The molecule has 4 aromatic rings. The van der Waals surface area contributed by atoms with E-state index in [1.807, 2.05) is 55.4 Å². The van der Waals surface area contributed by atoms with Crippen LogP contribution in [0.3, 0.4) is 0 Å². The van der Waals surface area contributed by atoms with Gasteiger partial charge in [-0.05, 0) is 139 Å². The van der Waals surface area contributed by atoms with Crippen molar-refractivity contribution in [3.8, 4) is 0 Å². The summed E-state index contributed by atoms with van der Waals surface area (Å²) in [5.41, 5.74) is 1.44. The Morgan fingerprint density at radius 1 is 0.415 bits per heavy atom. The summed E-state index contributed by atoms with van der Waals surface area (Å²) in [7, 11) is 5.45. The largest absolute Gasteiger partial charge is 0.455 e. The van der Waals surface area contributed by atoms with Crippen LogP contribution in [0.25, 0.3) is 0 Å². The summed E-state index contributed by atoms with van der Waals surface area (Å²) in [5, 5.41) is 8.76. The summed E-state index contributed by atoms with van der Waals surface area (Å²) in [6.45, 7) is 28.4. The SMILES string of the molecule is CC(C)C[C@H]1C(=O)O[C@H](Cc2ccc(Cn3ccc(C(=O)OC(C)(C)C)n3)cc2)C(=O)N(C)[C@@H](CC(C)C)C(=O)O[C@H](C)C(=O)N(C)[C@@H](CC(C)C)C(=O)O[C@H](Cc2ccc(Cn3ccc(C(=O)OC(C)(C)C)n3)cc2)C(=O)N(C)[C@@H](CC(C)C)C(=O)O[C@H](C)C(=O)N1C. The second-order valence-corrected chi connectivity index (χ2v) is 28.2. The van der Waals surface area contributed by atoms with Crippen molar-refractivity contribution in [3.05, 3.63) is 107 Å². The van der Waals surface area contributed by atoms with Gasteiger partial charge in [0, 0.05) is 53.4 Å². The Morgan fingerprint density at radius 2 is 0.670 bits per heavy atom. The molecule has 4 amide bonds. The molecule has 3 heterocycles. The number of amides is 4. The molecule has 2 aromatic carbocycles. The molecular formula is C70H100N8O16. The second-order valence-electron chi connectivity index (χ2n) is 28.2. The molecule has 0 unspecified atom stereocenters. The van der Waals surface area contributed by atoms with E-state index in [0.29, 0.717) is 11.1 Å². The molecule has 1 fully saturated rings. The van der Waals surface area contributed by atoms with Gasteiger partial charge in [-0.3, -0.25) is 28.5 Å². The summed E-state index contributed by atoms with van der Waals surface area (Å²) in [6.07, 6.45) is -3.28. The lowest BCUT2D eigenvalue weighted by Crippen LogP contribution is -2.55. The van der Waals surface area contributed by atoms with Crippen molar-refractivity contribution < 1.29 is 76.4 Å². The van der Waals surface area contributed by atoms with Gasteiger partial charge in [0.25, 0.3) is 23.6 Å². The van der Waals surface area contributed by atoms with E-state index in [1.165, 1.54) is 42.0 Å². The van der Waals surface area contributed by atoms with Crippen LogP contribution in [0.15, 0.2) is 73.1 Å². The predicted molar refractivity (Wildman–Crippen MR) is 348 cm³/mol. The fourth-order valence-electron chi connectivity index (χ4n) is 10.6. The van der Waals surface area contributed by atoms with Gasteiger partial charge < -0.3 is 48.0 Å². The van der Waals surface area contributed by atoms with Gasteiger partial charge in [0.2, 0.25) is 0 Å². The van der Waals surface area contributed by atoms with Gasteiger partial charge in [-0.25, -0.2) is 28.8 Å². The fourth-order valence-corrected chi connectivity index (χ4v) is 10.6. The number of cyclic esters (lactones) is 4. The van der Waals surface area contributed by atoms with Gasteiger partial charge >= 0.3 is 35.8 Å². The Labute approximate surface area is 553 Å². The van der Waals surface area contributed by atoms with Gasteiger partial charge in [0.1, 0.15) is 35.4 Å². The lowest BCUT2D eigenvalue weighted by Gasteiger charge is -2.35. The number of ether oxygens (including phenoxy) is 6. The molecule has 0 spiro atoms. The van der Waals surface area contributed by atoms with Crippen molar-refractivity contribution in [2.75, 3.05) is 28.2 Å². The van der Waals surface area contributed by atoms with Gasteiger partial charge in [0.15, 0.2) is 35.8 Å². The summed E-state index contributed by atoms with van der Waals surface area (Å²) < 4.78 is 38.4. The van der Waals surface area contributed by atoms with Crippen LogP contribution in [0.5, 0.6) is 0 Å². The van der Waals surface area contributed by atoms with Crippen LogP contribution in [-0.2, 0) is 92.7 Å². The molecule has 0 N–H and O–H groups in total. The van der Waals surface area contributed by atoms with E-state index in [2.05, 4.69) is 10.2 Å². The maximum absolute atomic E-state index is 15.2. The molecule has 2 aromatic heterocycles. The Bertz CT molecular complexity index is 3050. The van der Waals surface area contributed by atoms with Crippen molar-refractivity contribution in [1.29, 1.82) is 0 Å². The molecule has 5 rings (SSSR count). The number of aromatic nitrogens is 4. The highest BCUT2D eigenvalue weighted by Gasteiger charge is 2.43. The monoisotopic (exact) mass is 1310 g/mol. The third-order valence-electron chi connectivity index (χ3n) is 15.6. The van der Waals surface area contributed by atoms with Crippen molar-refractivity contribution >= 4 is 59.4 Å². The summed E-state index contributed by atoms with van der Waals surface area (Å²) >= 11 is 0. The molecule has 8 atom stereocenters. The molecule has 0 aliphatic carbocycles. The molecule has 94 heavy (non-hydrogen) atoms. The maximum Gasteiger partial charge on any atom is 0.359 e. The number of benzene rings is 2. The van der Waals surface area contributed by atoms with Gasteiger partial charge in [-0.15, -0.1) is 0 Å². The summed E-state index contributed by atoms with van der Waals surface area (Å²) in [5.74, 6) is -9.14. The fraction of sp³-hybridized carbons (Fsp3) is 0.600. The van der Waals surface area contributed by atoms with Gasteiger partial charge in [-0.1, -0.05) is 104 Å². The molecule has 0 bridgehead atoms. The summed E-state index contributed by atoms with van der Waals surface area (Å²) in [4.78, 5) is 148. The van der Waals surface area contributed by atoms with E-state index in [9.17, 15) is 38.4 Å². The van der Waals surface area contributed by atoms with Gasteiger partial charge in [-0.2, -0.15) is 10.2 Å². The van der Waals surface area contributed by atoms with Crippen LogP contribution in [0.4, 0.5) is 0 Å². The van der Waals surface area contributed by atoms with E-state index >= 15 is 9.59 Å². The quantitative estimate of drug-likeness (QED) is 0.0672. The second kappa shape index (κ2) is 33.1. The van der Waals surface area contributed by atoms with E-state index in [1.54, 1.807) is 124 Å². The van der Waals surface area contributed by atoms with Crippen LogP contribution >= 0.6 is 0 Å². The third-order valence-corrected chi connectivity index (χ3v) is 15.6. The number of carbonyl (C=O) groups is 10. The maximum atomic E-state index is 15.2. The lowest BCUT2D eigenvalue weighted by atomic mass is 9.99. The number of nitrogens with zero attached hydrogens (tertiary/aromatic N) is 8. The minimum atomic E-state index is -1.61. The Kier molecular flexibility index (Phi) is 26.9. The Balaban J connectivity index is 1.55. The molecule has 1 saturated heterocycles. The first kappa shape index (κ1) is 76.3. The number of esters is 6. The van der Waals surface area contributed by atoms with Crippen molar-refractivity contribution in [3.63, 3.8) is 0 Å². The zero-order valence-corrected chi connectivity index (χ0v) is 58.6. The minimum absolute atomic E-state index is 0.0357. The Hall–Kier alpha value is -8.44. The molecule has 1 aliphatic rings. The minimum Gasteiger partial charge on any atom is -0.455 e. The van der Waals surface area contributed by atoms with Crippen LogP contribution in [0, 0.1) is 23.7 Å². The zero-order chi connectivity index (χ0) is 70.4. The molecule has 0 saturated carbocycles. The predicted octanol–water partition coefficient (Wildman–Crippen LogP) is 8.07. The van der Waals surface area contributed by atoms with Gasteiger partial charge in [0.05, 0.1) is 13.1 Å². The summed E-state index contributed by atoms with van der Waals surface area (Å²) in [6, 6.07) is 11.8. The first-order valence-electron chi connectivity index (χ1n) is 32.3. The van der Waals surface area contributed by atoms with E-state index < -0.39 is 119 Å². The highest BCUT2D eigenvalue weighted by Crippen LogP contribution is 2.26. The van der Waals surface area contributed by atoms with E-state index in [-0.39, 0.29) is 86.7 Å². The molecule has 24 heteroatoms. The van der Waals surface area contributed by atoms with E-state index in [4.69, 9.17) is 28.4 Å².